The van der Waals surface area contributed by atoms with Gasteiger partial charge in [-0.05, 0) is 36.6 Å². The molecule has 20 heteroatoms. The van der Waals surface area contributed by atoms with Gasteiger partial charge in [0.15, 0.2) is 5.13 Å². The molecule has 0 saturated heterocycles. The summed E-state index contributed by atoms with van der Waals surface area (Å²) in [6, 6.07) is 5.52. The van der Waals surface area contributed by atoms with Gasteiger partial charge in [0, 0.05) is 43.7 Å². The summed E-state index contributed by atoms with van der Waals surface area (Å²) in [6.07, 6.45) is 4.44. The van der Waals surface area contributed by atoms with E-state index in [9.17, 15) is 22.8 Å². The van der Waals surface area contributed by atoms with Gasteiger partial charge in [0.2, 0.25) is 11.8 Å². The number of thiazole rings is 1. The number of benzene rings is 1. The Morgan fingerprint density at radius 1 is 0.849 bits per heavy atom. The largest absolute Gasteiger partial charge is 0.481 e. The fourth-order valence-corrected chi connectivity index (χ4v) is 5.65. The van der Waals surface area contributed by atoms with Gasteiger partial charge in [-0.1, -0.05) is 19.1 Å². The zero-order valence-electron chi connectivity index (χ0n) is 30.4. The zero-order chi connectivity index (χ0) is 38.7. The molecule has 0 atom stereocenters. The highest BCUT2D eigenvalue weighted by atomic mass is 32.2. The van der Waals surface area contributed by atoms with Crippen LogP contribution in [0.4, 0.5) is 10.8 Å². The van der Waals surface area contributed by atoms with E-state index >= 15 is 0 Å². The van der Waals surface area contributed by atoms with E-state index in [0.717, 1.165) is 30.0 Å². The SMILES string of the molecule is CNC(=O)CCOCCOCCOCCOCCOCc1cn(CCC(C)C)nn1.O=C(O)CCC(=O)Nc1ccc(S(=O)(=O)Nc2nccs2)cc1. The minimum Gasteiger partial charge on any atom is -0.481 e. The predicted molar refractivity (Wildman–Crippen MR) is 196 cm³/mol. The van der Waals surface area contributed by atoms with Crippen molar-refractivity contribution in [1.29, 1.82) is 0 Å². The fourth-order valence-electron chi connectivity index (χ4n) is 3.86. The summed E-state index contributed by atoms with van der Waals surface area (Å²) in [6.45, 7) is 10.1. The number of aromatic nitrogens is 4. The van der Waals surface area contributed by atoms with Crippen molar-refractivity contribution in [2.75, 3.05) is 76.5 Å². The maximum absolute atomic E-state index is 12.1. The lowest BCUT2D eigenvalue weighted by Crippen LogP contribution is -2.20. The van der Waals surface area contributed by atoms with E-state index in [-0.39, 0.29) is 28.8 Å². The number of carboxylic acid groups (broad SMARTS) is 1. The van der Waals surface area contributed by atoms with Gasteiger partial charge >= 0.3 is 5.97 Å². The summed E-state index contributed by atoms with van der Waals surface area (Å²) in [5.41, 5.74) is 1.22. The maximum Gasteiger partial charge on any atom is 0.303 e. The first-order valence-electron chi connectivity index (χ1n) is 17.0. The summed E-state index contributed by atoms with van der Waals surface area (Å²) in [4.78, 5) is 36.7. The van der Waals surface area contributed by atoms with Crippen LogP contribution < -0.4 is 15.4 Å². The third-order valence-electron chi connectivity index (χ3n) is 6.68. The summed E-state index contributed by atoms with van der Waals surface area (Å²) in [5, 5.41) is 23.6. The molecule has 296 valence electrons. The predicted octanol–water partition coefficient (Wildman–Crippen LogP) is 2.79. The number of aliphatic carboxylic acids is 1. The number of nitrogens with zero attached hydrogens (tertiary/aromatic N) is 4. The van der Waals surface area contributed by atoms with E-state index in [0.29, 0.717) is 84.1 Å². The standard InChI is InChI=1S/C20H38N4O6.C13H13N3O5S2/c1-18(2)4-6-24-16-19(22-23-24)17-30-15-14-29-13-12-28-11-10-27-9-8-26-7-5-20(25)21-3;17-11(5-6-12(18)19)15-9-1-3-10(4-2-9)23(20,21)16-13-14-7-8-22-13/h16,18H,4-15,17H2,1-3H3,(H,21,25);1-4,7-8H,5-6H2,(H,14,16)(H,15,17)(H,18,19). The zero-order valence-corrected chi connectivity index (χ0v) is 32.0. The topological polar surface area (TPSA) is 231 Å². The second-order valence-corrected chi connectivity index (χ2v) is 14.1. The number of amides is 2. The molecule has 0 unspecified atom stereocenters. The Kier molecular flexibility index (Phi) is 22.7. The van der Waals surface area contributed by atoms with E-state index in [1.807, 2.05) is 10.9 Å². The van der Waals surface area contributed by atoms with Gasteiger partial charge in [-0.25, -0.2) is 13.4 Å². The van der Waals surface area contributed by atoms with Crippen LogP contribution >= 0.6 is 11.3 Å². The molecule has 4 N–H and O–H groups in total. The highest BCUT2D eigenvalue weighted by Crippen LogP contribution is 2.19. The van der Waals surface area contributed by atoms with Crippen LogP contribution in [0.2, 0.25) is 0 Å². The van der Waals surface area contributed by atoms with Crippen molar-refractivity contribution in [2.45, 2.75) is 57.6 Å². The van der Waals surface area contributed by atoms with Crippen molar-refractivity contribution in [3.63, 3.8) is 0 Å². The number of rotatable bonds is 27. The molecule has 0 fully saturated rings. The van der Waals surface area contributed by atoms with Crippen molar-refractivity contribution in [3.8, 4) is 0 Å². The smallest absolute Gasteiger partial charge is 0.303 e. The molecule has 2 heterocycles. The van der Waals surface area contributed by atoms with Crippen molar-refractivity contribution in [3.05, 3.63) is 47.7 Å². The van der Waals surface area contributed by atoms with Gasteiger partial charge in [0.05, 0.1) is 83.6 Å². The number of hydrogen-bond donors (Lipinski definition) is 4. The molecule has 1 aromatic carbocycles. The molecule has 2 aromatic heterocycles. The quantitative estimate of drug-likeness (QED) is 0.0815. The van der Waals surface area contributed by atoms with Crippen LogP contribution in [-0.2, 0) is 61.2 Å². The summed E-state index contributed by atoms with van der Waals surface area (Å²) >= 11 is 1.16. The van der Waals surface area contributed by atoms with Crippen LogP contribution in [0.25, 0.3) is 0 Å². The first-order valence-corrected chi connectivity index (χ1v) is 19.4. The molecular formula is C33H51N7O11S2. The van der Waals surface area contributed by atoms with Crippen LogP contribution in [0, 0.1) is 5.92 Å². The molecular weight excluding hydrogens is 735 g/mol. The molecule has 2 amide bonds. The van der Waals surface area contributed by atoms with E-state index in [2.05, 4.69) is 44.5 Å². The first-order chi connectivity index (χ1) is 25.5. The summed E-state index contributed by atoms with van der Waals surface area (Å²) < 4.78 is 55.5. The highest BCUT2D eigenvalue weighted by molar-refractivity contribution is 7.93. The van der Waals surface area contributed by atoms with E-state index in [1.54, 1.807) is 12.4 Å². The minimum absolute atomic E-state index is 0.0243. The second kappa shape index (κ2) is 26.7. The average Bonchev–Trinajstić information content (AvgIpc) is 3.82. The van der Waals surface area contributed by atoms with E-state index < -0.39 is 21.9 Å². The Morgan fingerprint density at radius 3 is 2.00 bits per heavy atom. The first kappa shape index (κ1) is 45.1. The number of sulfonamides is 1. The maximum atomic E-state index is 12.1. The number of anilines is 2. The Balaban J connectivity index is 0.000000379. The Morgan fingerprint density at radius 2 is 1.45 bits per heavy atom. The molecule has 0 saturated carbocycles. The lowest BCUT2D eigenvalue weighted by molar-refractivity contribution is -0.138. The minimum atomic E-state index is -3.74. The number of ether oxygens (including phenoxy) is 5. The van der Waals surface area contributed by atoms with Gasteiger partial charge in [0.25, 0.3) is 10.0 Å². The lowest BCUT2D eigenvalue weighted by atomic mass is 10.1. The van der Waals surface area contributed by atoms with Gasteiger partial charge in [-0.15, -0.1) is 16.4 Å². The third-order valence-corrected chi connectivity index (χ3v) is 8.85. The lowest BCUT2D eigenvalue weighted by Gasteiger charge is -2.07. The van der Waals surface area contributed by atoms with Crippen LogP contribution in [-0.4, -0.2) is 118 Å². The number of carbonyl (C=O) groups excluding carboxylic acids is 2. The van der Waals surface area contributed by atoms with E-state index in [4.69, 9.17) is 28.8 Å². The van der Waals surface area contributed by atoms with Gasteiger partial charge in [-0.2, -0.15) is 0 Å². The average molecular weight is 786 g/mol. The number of nitrogens with one attached hydrogen (secondary N) is 3. The van der Waals surface area contributed by atoms with Crippen molar-refractivity contribution in [2.24, 2.45) is 5.92 Å². The molecule has 0 bridgehead atoms. The molecule has 0 aliphatic heterocycles. The van der Waals surface area contributed by atoms with Crippen molar-refractivity contribution >= 4 is 50.0 Å². The number of carbonyl (C=O) groups is 3. The highest BCUT2D eigenvalue weighted by Gasteiger charge is 2.15. The Hall–Kier alpha value is -4.05. The Bertz CT molecular complexity index is 1560. The fraction of sp³-hybridized carbons (Fsp3) is 0.576. The van der Waals surface area contributed by atoms with Crippen molar-refractivity contribution < 1.29 is 51.6 Å². The summed E-state index contributed by atoms with van der Waals surface area (Å²) in [5.74, 6) is -0.896. The molecule has 0 spiro atoms. The third kappa shape index (κ3) is 21.9. The number of hydrogen-bond acceptors (Lipinski definition) is 14. The molecule has 53 heavy (non-hydrogen) atoms. The molecule has 0 aliphatic carbocycles. The van der Waals surface area contributed by atoms with Crippen LogP contribution in [0.1, 0.15) is 45.2 Å². The van der Waals surface area contributed by atoms with Crippen LogP contribution in [0.15, 0.2) is 46.9 Å². The summed E-state index contributed by atoms with van der Waals surface area (Å²) in [7, 11) is -2.14. The molecule has 0 aliphatic rings. The number of carboxylic acids is 1. The van der Waals surface area contributed by atoms with Gasteiger partial charge in [-0.3, -0.25) is 23.8 Å². The monoisotopic (exact) mass is 785 g/mol. The molecule has 3 aromatic rings. The second-order valence-electron chi connectivity index (χ2n) is 11.5. The van der Waals surface area contributed by atoms with Gasteiger partial charge in [0.1, 0.15) is 5.69 Å². The Labute approximate surface area is 313 Å². The van der Waals surface area contributed by atoms with Gasteiger partial charge < -0.3 is 39.4 Å². The van der Waals surface area contributed by atoms with Crippen LogP contribution in [0.3, 0.4) is 0 Å². The molecule has 0 radical (unpaired) electrons. The normalized spacial score (nSPS) is 11.2. The van der Waals surface area contributed by atoms with Crippen molar-refractivity contribution in [1.82, 2.24) is 25.3 Å². The molecule has 3 rings (SSSR count). The number of aryl methyl sites for hydroxylation is 1. The van der Waals surface area contributed by atoms with Crippen LogP contribution in [0.5, 0.6) is 0 Å². The molecule has 18 nitrogen and oxygen atoms in total. The van der Waals surface area contributed by atoms with E-state index in [1.165, 1.54) is 30.5 Å².